The van der Waals surface area contributed by atoms with E-state index in [0.717, 1.165) is 12.8 Å². The zero-order valence-corrected chi connectivity index (χ0v) is 10.9. The summed E-state index contributed by atoms with van der Waals surface area (Å²) in [6.45, 7) is 5.66. The van der Waals surface area contributed by atoms with Gasteiger partial charge >= 0.3 is 5.97 Å². The van der Waals surface area contributed by atoms with Crippen molar-refractivity contribution in [1.82, 2.24) is 0 Å². The Morgan fingerprint density at radius 1 is 1.39 bits per heavy atom. The number of hydrogen-bond acceptors (Lipinski definition) is 4. The van der Waals surface area contributed by atoms with Gasteiger partial charge in [0, 0.05) is 11.6 Å². The molecule has 1 aromatic rings. The number of benzene rings is 1. The molecule has 0 bridgehead atoms. The summed E-state index contributed by atoms with van der Waals surface area (Å²) >= 11 is 0. The van der Waals surface area contributed by atoms with Crippen LogP contribution in [0.4, 0.5) is 5.69 Å². The van der Waals surface area contributed by atoms with E-state index in [1.54, 1.807) is 19.9 Å². The number of unbranched alkanes of at least 4 members (excludes halogenated alkanes) is 1. The molecule has 0 atom stereocenters. The molecule has 0 saturated carbocycles. The normalized spacial score (nSPS) is 10.2. The Bertz CT molecular complexity index is 468. The molecule has 0 aliphatic rings. The van der Waals surface area contributed by atoms with Crippen LogP contribution in [0.15, 0.2) is 12.1 Å². The second-order valence-electron chi connectivity index (χ2n) is 4.15. The summed E-state index contributed by atoms with van der Waals surface area (Å²) in [7, 11) is 0. The Morgan fingerprint density at radius 2 is 2.06 bits per heavy atom. The van der Waals surface area contributed by atoms with Crippen LogP contribution in [-0.2, 0) is 4.74 Å². The van der Waals surface area contributed by atoms with E-state index in [1.165, 1.54) is 6.07 Å². The van der Waals surface area contributed by atoms with Crippen molar-refractivity contribution < 1.29 is 14.5 Å². The molecular formula is C13H17NO4. The molecule has 1 aromatic carbocycles. The monoisotopic (exact) mass is 251 g/mol. The Labute approximate surface area is 106 Å². The molecule has 0 saturated heterocycles. The Kier molecular flexibility index (Phi) is 4.83. The maximum atomic E-state index is 11.9. The molecule has 0 aromatic heterocycles. The lowest BCUT2D eigenvalue weighted by Gasteiger charge is -2.09. The molecule has 0 heterocycles. The molecule has 98 valence electrons. The van der Waals surface area contributed by atoms with E-state index in [1.807, 2.05) is 6.92 Å². The van der Waals surface area contributed by atoms with Gasteiger partial charge in [-0.3, -0.25) is 10.1 Å². The van der Waals surface area contributed by atoms with Crippen LogP contribution in [0.5, 0.6) is 0 Å². The number of nitrogens with zero attached hydrogens (tertiary/aromatic N) is 1. The van der Waals surface area contributed by atoms with Gasteiger partial charge in [-0.25, -0.2) is 4.79 Å². The highest BCUT2D eigenvalue weighted by molar-refractivity contribution is 5.93. The van der Waals surface area contributed by atoms with Gasteiger partial charge in [0.15, 0.2) is 0 Å². The van der Waals surface area contributed by atoms with Crippen LogP contribution < -0.4 is 0 Å². The number of carbonyl (C=O) groups excluding carboxylic acids is 1. The second kappa shape index (κ2) is 6.14. The summed E-state index contributed by atoms with van der Waals surface area (Å²) in [6, 6.07) is 2.98. The lowest BCUT2D eigenvalue weighted by Crippen LogP contribution is -2.11. The summed E-state index contributed by atoms with van der Waals surface area (Å²) < 4.78 is 5.10. The molecule has 0 radical (unpaired) electrons. The molecule has 0 aliphatic carbocycles. The van der Waals surface area contributed by atoms with Gasteiger partial charge in [0.2, 0.25) is 0 Å². The molecule has 0 unspecified atom stereocenters. The fourth-order valence-corrected chi connectivity index (χ4v) is 1.73. The minimum Gasteiger partial charge on any atom is -0.462 e. The standard InChI is InChI=1S/C13H17NO4/c1-4-5-8-18-13(15)12-9(2)6-7-11(10(12)3)14(16)17/h6-7H,4-5,8H2,1-3H3. The molecule has 0 fully saturated rings. The van der Waals surface area contributed by atoms with Crippen LogP contribution >= 0.6 is 0 Å². The maximum absolute atomic E-state index is 11.9. The largest absolute Gasteiger partial charge is 0.462 e. The van der Waals surface area contributed by atoms with Gasteiger partial charge in [-0.15, -0.1) is 0 Å². The lowest BCUT2D eigenvalue weighted by molar-refractivity contribution is -0.385. The molecule has 18 heavy (non-hydrogen) atoms. The molecular weight excluding hydrogens is 234 g/mol. The summed E-state index contributed by atoms with van der Waals surface area (Å²) in [4.78, 5) is 22.2. The van der Waals surface area contributed by atoms with E-state index in [9.17, 15) is 14.9 Å². The van der Waals surface area contributed by atoms with Crippen LogP contribution in [0.25, 0.3) is 0 Å². The number of aryl methyl sites for hydroxylation is 1. The fraction of sp³-hybridized carbons (Fsp3) is 0.462. The first-order valence-electron chi connectivity index (χ1n) is 5.90. The highest BCUT2D eigenvalue weighted by Gasteiger charge is 2.21. The van der Waals surface area contributed by atoms with Gasteiger partial charge in [-0.1, -0.05) is 19.4 Å². The van der Waals surface area contributed by atoms with Crippen molar-refractivity contribution in [2.24, 2.45) is 0 Å². The zero-order chi connectivity index (χ0) is 13.7. The zero-order valence-electron chi connectivity index (χ0n) is 10.9. The lowest BCUT2D eigenvalue weighted by atomic mass is 10.0. The first kappa shape index (κ1) is 14.2. The predicted octanol–water partition coefficient (Wildman–Crippen LogP) is 3.17. The summed E-state index contributed by atoms with van der Waals surface area (Å²) in [5, 5.41) is 10.8. The third kappa shape index (κ3) is 3.06. The van der Waals surface area contributed by atoms with Crippen LogP contribution in [-0.4, -0.2) is 17.5 Å². The van der Waals surface area contributed by atoms with Crippen molar-refractivity contribution in [3.05, 3.63) is 38.9 Å². The van der Waals surface area contributed by atoms with Gasteiger partial charge in [0.25, 0.3) is 5.69 Å². The number of nitro benzene ring substituents is 1. The fourth-order valence-electron chi connectivity index (χ4n) is 1.73. The highest BCUT2D eigenvalue weighted by atomic mass is 16.6. The molecule has 0 amide bonds. The Balaban J connectivity index is 3.03. The first-order valence-corrected chi connectivity index (χ1v) is 5.90. The third-order valence-corrected chi connectivity index (χ3v) is 2.78. The SMILES string of the molecule is CCCCOC(=O)c1c(C)ccc([N+](=O)[O-])c1C. The van der Waals surface area contributed by atoms with Crippen molar-refractivity contribution in [3.8, 4) is 0 Å². The minimum atomic E-state index is -0.488. The smallest absolute Gasteiger partial charge is 0.338 e. The van der Waals surface area contributed by atoms with Gasteiger partial charge in [0.1, 0.15) is 0 Å². The number of esters is 1. The third-order valence-electron chi connectivity index (χ3n) is 2.78. The predicted molar refractivity (Wildman–Crippen MR) is 67.8 cm³/mol. The Morgan fingerprint density at radius 3 is 2.61 bits per heavy atom. The van der Waals surface area contributed by atoms with Crippen LogP contribution in [0.2, 0.25) is 0 Å². The number of nitro groups is 1. The molecule has 5 nitrogen and oxygen atoms in total. The van der Waals surface area contributed by atoms with E-state index < -0.39 is 10.9 Å². The number of hydrogen-bond donors (Lipinski definition) is 0. The molecule has 0 aliphatic heterocycles. The summed E-state index contributed by atoms with van der Waals surface area (Å²) in [5.41, 5.74) is 1.31. The quantitative estimate of drug-likeness (QED) is 0.349. The average molecular weight is 251 g/mol. The van der Waals surface area contributed by atoms with Crippen LogP contribution in [0.1, 0.15) is 41.3 Å². The van der Waals surface area contributed by atoms with Gasteiger partial charge in [-0.2, -0.15) is 0 Å². The number of carbonyl (C=O) groups is 1. The van der Waals surface area contributed by atoms with Gasteiger partial charge in [0.05, 0.1) is 17.1 Å². The van der Waals surface area contributed by atoms with E-state index in [-0.39, 0.29) is 5.69 Å². The van der Waals surface area contributed by atoms with Crippen molar-refractivity contribution in [2.45, 2.75) is 33.6 Å². The van der Waals surface area contributed by atoms with Gasteiger partial charge < -0.3 is 4.74 Å². The van der Waals surface area contributed by atoms with Crippen LogP contribution in [0.3, 0.4) is 0 Å². The minimum absolute atomic E-state index is 0.0527. The maximum Gasteiger partial charge on any atom is 0.338 e. The van der Waals surface area contributed by atoms with E-state index in [2.05, 4.69) is 0 Å². The van der Waals surface area contributed by atoms with Crippen molar-refractivity contribution in [3.63, 3.8) is 0 Å². The summed E-state index contributed by atoms with van der Waals surface area (Å²) in [5.74, 6) is -0.484. The molecule has 1 rings (SSSR count). The van der Waals surface area contributed by atoms with E-state index in [0.29, 0.717) is 23.3 Å². The van der Waals surface area contributed by atoms with Crippen LogP contribution in [0, 0.1) is 24.0 Å². The number of ether oxygens (including phenoxy) is 1. The van der Waals surface area contributed by atoms with E-state index in [4.69, 9.17) is 4.74 Å². The van der Waals surface area contributed by atoms with Crippen molar-refractivity contribution >= 4 is 11.7 Å². The molecule has 5 heteroatoms. The topological polar surface area (TPSA) is 69.4 Å². The second-order valence-corrected chi connectivity index (χ2v) is 4.15. The average Bonchev–Trinajstić information content (AvgIpc) is 2.28. The molecule has 0 spiro atoms. The highest BCUT2D eigenvalue weighted by Crippen LogP contribution is 2.25. The summed E-state index contributed by atoms with van der Waals surface area (Å²) in [6.07, 6.45) is 1.72. The number of rotatable bonds is 5. The van der Waals surface area contributed by atoms with Crippen molar-refractivity contribution in [2.75, 3.05) is 6.61 Å². The van der Waals surface area contributed by atoms with E-state index >= 15 is 0 Å². The first-order chi connectivity index (χ1) is 8.49. The van der Waals surface area contributed by atoms with Gasteiger partial charge in [-0.05, 0) is 25.8 Å². The van der Waals surface area contributed by atoms with Crippen molar-refractivity contribution in [1.29, 1.82) is 0 Å². The molecule has 0 N–H and O–H groups in total. The Hall–Kier alpha value is -1.91.